The first-order chi connectivity index (χ1) is 29.7. The molecule has 0 amide bonds. The first kappa shape index (κ1) is 64.7. The largest absolute Gasteiger partial charge is 0.412 e. The predicted octanol–water partition coefficient (Wildman–Crippen LogP) is 11.7. The lowest BCUT2D eigenvalue weighted by molar-refractivity contribution is 0.0582. The van der Waals surface area contributed by atoms with Gasteiger partial charge in [0.05, 0.1) is 70.0 Å². The SMILES string of the molecule is [B][C@@H]1O[C@H](/C=C/P(C)(C)=O)CC1O[Si](C)(C)C(C)(C)C.[B][C@@H]1O[C@H](CCP(C)(C)=O)CC1OP(OCCC#N)N(C(C)C)C(C)C.[B][C@@H]1O[C@H](CCP(C)(C)=O)CC1O[Si](C)(C)C(C)(C)C.[HH]. The number of rotatable bonds is 20. The molecule has 3 fully saturated rings. The Balaban J connectivity index is 0.000000980. The predicted molar refractivity (Wildman–Crippen MR) is 290 cm³/mol. The molecule has 0 aromatic carbocycles. The van der Waals surface area contributed by atoms with E-state index in [1.165, 1.54) is 0 Å². The molecule has 380 valence electrons. The second-order valence-electron chi connectivity index (χ2n) is 23.3. The van der Waals surface area contributed by atoms with Crippen LogP contribution in [0.3, 0.4) is 0 Å². The summed E-state index contributed by atoms with van der Waals surface area (Å²) in [6.07, 6.45) is 6.95. The van der Waals surface area contributed by atoms with E-state index in [0.717, 1.165) is 31.8 Å². The molecule has 3 saturated heterocycles. The molecule has 0 aliphatic carbocycles. The third-order valence-corrected chi connectivity index (χ3v) is 27.3. The van der Waals surface area contributed by atoms with Gasteiger partial charge in [-0.25, -0.2) is 4.67 Å². The zero-order chi connectivity index (χ0) is 51.4. The first-order valence-corrected chi connectivity index (χ1v) is 39.0. The number of ether oxygens (including phenoxy) is 3. The van der Waals surface area contributed by atoms with Crippen LogP contribution < -0.4 is 0 Å². The van der Waals surface area contributed by atoms with Crippen molar-refractivity contribution in [3.63, 3.8) is 0 Å². The van der Waals surface area contributed by atoms with E-state index in [0.29, 0.717) is 25.6 Å². The van der Waals surface area contributed by atoms with E-state index in [2.05, 4.69) is 106 Å². The third kappa shape index (κ3) is 24.4. The second kappa shape index (κ2) is 27.1. The summed E-state index contributed by atoms with van der Waals surface area (Å²) in [5, 5.41) is 9.11. The summed E-state index contributed by atoms with van der Waals surface area (Å²) in [5.74, 6) is 1.75. The highest BCUT2D eigenvalue weighted by Crippen LogP contribution is 2.50. The first-order valence-electron chi connectivity index (χ1n) is 23.8. The minimum atomic E-state index is -2.16. The Hall–Kier alpha value is 0.659. The fraction of sp³-hybridized carbons (Fsp3) is 0.933. The van der Waals surface area contributed by atoms with Gasteiger partial charge in [-0.05, 0) is 123 Å². The molecule has 66 heavy (non-hydrogen) atoms. The molecule has 12 nitrogen and oxygen atoms in total. The lowest BCUT2D eigenvalue weighted by Gasteiger charge is -2.39. The van der Waals surface area contributed by atoms with E-state index in [4.69, 9.17) is 60.9 Å². The van der Waals surface area contributed by atoms with Crippen molar-refractivity contribution in [1.82, 2.24) is 4.67 Å². The molecule has 0 bridgehead atoms. The molecule has 4 unspecified atom stereocenters. The van der Waals surface area contributed by atoms with Crippen LogP contribution in [0.4, 0.5) is 0 Å². The third-order valence-electron chi connectivity index (χ3n) is 12.6. The Kier molecular flexibility index (Phi) is 26.5. The van der Waals surface area contributed by atoms with E-state index >= 15 is 0 Å². The lowest BCUT2D eigenvalue weighted by atomic mass is 9.94. The molecule has 0 saturated carbocycles. The molecule has 3 heterocycles. The van der Waals surface area contributed by atoms with Crippen LogP contribution in [0, 0.1) is 11.3 Å². The van der Waals surface area contributed by atoms with Gasteiger partial charge in [-0.1, -0.05) is 47.6 Å². The van der Waals surface area contributed by atoms with Crippen LogP contribution in [0.1, 0.15) is 109 Å². The number of nitrogens with zero attached hydrogens (tertiary/aromatic N) is 2. The Labute approximate surface area is 413 Å². The summed E-state index contributed by atoms with van der Waals surface area (Å²) in [4.78, 5) is 0. The van der Waals surface area contributed by atoms with Gasteiger partial charge in [0.2, 0.25) is 0 Å². The summed E-state index contributed by atoms with van der Waals surface area (Å²) < 4.78 is 79.7. The standard InChI is InChI=1S/C17H33BN2O4P2.C14H30BO3PSi.C14H28BO3PSi.H2/c1-13(2)20(14(3)4)25(22-10-7-9-19)24-16-12-15(23-17(16)18)8-11-26(5,6)21;2*1-14(2,3)20(6,7)18-12-10-11(17-13(12)15)8-9-19(4,5)16;/h13-17H,7-8,10-12H2,1-6H3;11-13H,8-10H2,1-7H3;8-9,11-13H,10H2,1-7H3;1H/b;;9-8+;/t15-,16?,17-,25?;2*11-,12?,13-;/m111./s1. The van der Waals surface area contributed by atoms with Crippen molar-refractivity contribution in [3.8, 4) is 6.07 Å². The molecular weight excluding hydrogens is 941 g/mol. The highest BCUT2D eigenvalue weighted by Gasteiger charge is 2.45. The van der Waals surface area contributed by atoms with Crippen LogP contribution in [-0.2, 0) is 45.8 Å². The molecule has 0 N–H and O–H groups in total. The highest BCUT2D eigenvalue weighted by atomic mass is 31.2. The van der Waals surface area contributed by atoms with E-state index in [9.17, 15) is 13.7 Å². The van der Waals surface area contributed by atoms with Crippen molar-refractivity contribution in [2.24, 2.45) is 0 Å². The molecule has 6 radical (unpaired) electrons. The summed E-state index contributed by atoms with van der Waals surface area (Å²) in [5.41, 5.74) is 0. The van der Waals surface area contributed by atoms with Gasteiger partial charge in [0, 0.05) is 63.1 Å². The highest BCUT2D eigenvalue weighted by molar-refractivity contribution is 7.65. The van der Waals surface area contributed by atoms with Crippen LogP contribution in [0.15, 0.2) is 11.9 Å². The maximum absolute atomic E-state index is 11.9. The monoisotopic (exact) mass is 1030 g/mol. The van der Waals surface area contributed by atoms with E-state index < -0.39 is 58.6 Å². The summed E-state index contributed by atoms with van der Waals surface area (Å²) in [6, 6.07) is 1.32. The molecular formula is C45H93B3N2O10P4Si2. The molecule has 3 aliphatic heterocycles. The molecule has 3 aliphatic rings. The molecule has 21 heteroatoms. The van der Waals surface area contributed by atoms with Crippen LogP contribution in [0.2, 0.25) is 36.3 Å². The van der Waals surface area contributed by atoms with Gasteiger partial charge in [-0.3, -0.25) is 0 Å². The van der Waals surface area contributed by atoms with Crippen molar-refractivity contribution in [3.05, 3.63) is 11.9 Å². The topological polar surface area (TPSA) is 143 Å². The Bertz CT molecular complexity index is 1680. The minimum Gasteiger partial charge on any atom is -0.412 e. The van der Waals surface area contributed by atoms with Gasteiger partial charge in [-0.2, -0.15) is 5.26 Å². The quantitative estimate of drug-likeness (QED) is 0.0650. The van der Waals surface area contributed by atoms with Crippen molar-refractivity contribution in [1.29, 1.82) is 5.26 Å². The molecule has 0 aromatic rings. The van der Waals surface area contributed by atoms with E-state index in [1.54, 1.807) is 32.5 Å². The smallest absolute Gasteiger partial charge is 0.259 e. The van der Waals surface area contributed by atoms with Crippen molar-refractivity contribution in [2.75, 3.05) is 58.9 Å². The number of hydrogen-bond acceptors (Lipinski definition) is 12. The van der Waals surface area contributed by atoms with Crippen LogP contribution in [0.25, 0.3) is 0 Å². The van der Waals surface area contributed by atoms with Gasteiger partial charge in [0.15, 0.2) is 16.6 Å². The summed E-state index contributed by atoms with van der Waals surface area (Å²) >= 11 is 0. The van der Waals surface area contributed by atoms with Gasteiger partial charge >= 0.3 is 0 Å². The minimum absolute atomic E-state index is 0. The molecule has 10 atom stereocenters. The maximum atomic E-state index is 11.9. The van der Waals surface area contributed by atoms with Crippen molar-refractivity contribution < 1.29 is 47.2 Å². The normalized spacial score (nSPS) is 27.5. The van der Waals surface area contributed by atoms with Gasteiger partial charge < -0.3 is 45.8 Å². The van der Waals surface area contributed by atoms with Crippen molar-refractivity contribution >= 4 is 70.1 Å². The zero-order valence-electron chi connectivity index (χ0n) is 44.9. The maximum Gasteiger partial charge on any atom is 0.259 e. The van der Waals surface area contributed by atoms with E-state index in [1.807, 2.05) is 19.4 Å². The van der Waals surface area contributed by atoms with Gasteiger partial charge in [0.25, 0.3) is 8.53 Å². The van der Waals surface area contributed by atoms with Crippen molar-refractivity contribution in [2.45, 2.75) is 211 Å². The average molecular weight is 1030 g/mol. The lowest BCUT2D eigenvalue weighted by Crippen LogP contribution is -2.46. The van der Waals surface area contributed by atoms with Crippen LogP contribution in [-0.4, -0.2) is 170 Å². The fourth-order valence-electron chi connectivity index (χ4n) is 6.79. The van der Waals surface area contributed by atoms with Crippen LogP contribution in [0.5, 0.6) is 0 Å². The van der Waals surface area contributed by atoms with Gasteiger partial charge in [0.1, 0.15) is 30.7 Å². The fourth-order valence-corrected chi connectivity index (χ4v) is 13.6. The number of nitriles is 1. The summed E-state index contributed by atoms with van der Waals surface area (Å²) in [6.45, 7) is 41.6. The Morgan fingerprint density at radius 1 is 0.727 bits per heavy atom. The molecule has 0 aromatic heterocycles. The van der Waals surface area contributed by atoms with Gasteiger partial charge in [-0.15, -0.1) is 0 Å². The summed E-state index contributed by atoms with van der Waals surface area (Å²) in [7, 11) is 7.03. The van der Waals surface area contributed by atoms with Crippen LogP contribution >= 0.6 is 30.0 Å². The average Bonchev–Trinajstić information content (AvgIpc) is 3.78. The Morgan fingerprint density at radius 3 is 1.50 bits per heavy atom. The number of hydrogen-bond donors (Lipinski definition) is 0. The zero-order valence-corrected chi connectivity index (χ0v) is 50.4. The second-order valence-corrected chi connectivity index (χ2v) is 44.5. The molecule has 0 spiro atoms. The van der Waals surface area contributed by atoms with E-state index in [-0.39, 0.29) is 66.2 Å². The molecule has 3 rings (SSSR count). The Morgan fingerprint density at radius 2 is 1.12 bits per heavy atom.